The van der Waals surface area contributed by atoms with Gasteiger partial charge in [0.25, 0.3) is 0 Å². The minimum Gasteiger partial charge on any atom is -0.493 e. The van der Waals surface area contributed by atoms with Crippen LogP contribution in [0.1, 0.15) is 38.4 Å². The van der Waals surface area contributed by atoms with Crippen molar-refractivity contribution in [2.24, 2.45) is 0 Å². The van der Waals surface area contributed by atoms with Crippen molar-refractivity contribution < 1.29 is 23.8 Å². The highest BCUT2D eigenvalue weighted by Crippen LogP contribution is 2.23. The summed E-state index contributed by atoms with van der Waals surface area (Å²) >= 11 is 5.87. The van der Waals surface area contributed by atoms with Gasteiger partial charge in [-0.25, -0.2) is 4.39 Å². The molecule has 180 valence electrons. The fourth-order valence-corrected chi connectivity index (χ4v) is 3.90. The smallest absolute Gasteiger partial charge is 0.223 e. The lowest BCUT2D eigenvalue weighted by Gasteiger charge is -2.29. The van der Waals surface area contributed by atoms with Crippen molar-refractivity contribution in [1.29, 1.82) is 0 Å². The van der Waals surface area contributed by atoms with Crippen molar-refractivity contribution in [3.63, 3.8) is 0 Å². The maximum absolute atomic E-state index is 13.7. The number of nitrogens with one attached hydrogen (secondary N) is 1. The van der Waals surface area contributed by atoms with Crippen molar-refractivity contribution in [1.82, 2.24) is 10.2 Å². The Bertz CT molecular complexity index is 879. The molecule has 2 aromatic carbocycles. The van der Waals surface area contributed by atoms with Gasteiger partial charge in [0.2, 0.25) is 5.91 Å². The van der Waals surface area contributed by atoms with Gasteiger partial charge in [0.15, 0.2) is 0 Å². The van der Waals surface area contributed by atoms with E-state index in [1.54, 1.807) is 48.5 Å². The van der Waals surface area contributed by atoms with Gasteiger partial charge >= 0.3 is 0 Å². The monoisotopic (exact) mass is 478 g/mol. The summed E-state index contributed by atoms with van der Waals surface area (Å²) < 4.78 is 24.9. The SMILES string of the molecule is CC(C)Oc1ccc([C@@H](O)[C@@H](CN2CCC(F)C2)NC(=O)CCOc2ccc(Cl)cc2)cc1. The lowest BCUT2D eigenvalue weighted by Crippen LogP contribution is -2.47. The Hall–Kier alpha value is -2.35. The van der Waals surface area contributed by atoms with E-state index in [9.17, 15) is 14.3 Å². The molecule has 3 atom stereocenters. The predicted molar refractivity (Wildman–Crippen MR) is 127 cm³/mol. The third-order valence-electron chi connectivity index (χ3n) is 5.40. The molecule has 0 aromatic heterocycles. The number of ether oxygens (including phenoxy) is 2. The zero-order valence-corrected chi connectivity index (χ0v) is 19.8. The third-order valence-corrected chi connectivity index (χ3v) is 5.65. The van der Waals surface area contributed by atoms with Crippen LogP contribution in [-0.4, -0.2) is 60.5 Å². The van der Waals surface area contributed by atoms with Crippen LogP contribution in [0.15, 0.2) is 48.5 Å². The maximum Gasteiger partial charge on any atom is 0.223 e. The highest BCUT2D eigenvalue weighted by Gasteiger charge is 2.29. The molecule has 1 unspecified atom stereocenters. The molecule has 0 spiro atoms. The maximum atomic E-state index is 13.7. The number of hydrogen-bond acceptors (Lipinski definition) is 5. The number of carbonyl (C=O) groups excluding carboxylic acids is 1. The molecule has 0 aliphatic carbocycles. The summed E-state index contributed by atoms with van der Waals surface area (Å²) in [4.78, 5) is 14.5. The second-order valence-corrected chi connectivity index (χ2v) is 8.99. The summed E-state index contributed by atoms with van der Waals surface area (Å²) in [5.74, 6) is 1.09. The first-order chi connectivity index (χ1) is 15.8. The van der Waals surface area contributed by atoms with Crippen LogP contribution in [0.4, 0.5) is 4.39 Å². The Morgan fingerprint density at radius 2 is 1.85 bits per heavy atom. The number of aliphatic hydroxyl groups excluding tert-OH is 1. The van der Waals surface area contributed by atoms with Crippen molar-refractivity contribution in [2.45, 2.75) is 51.1 Å². The van der Waals surface area contributed by atoms with Gasteiger partial charge in [-0.15, -0.1) is 0 Å². The fraction of sp³-hybridized carbons (Fsp3) is 0.480. The number of hydrogen-bond donors (Lipinski definition) is 2. The van der Waals surface area contributed by atoms with Gasteiger partial charge in [-0.05, 0) is 62.2 Å². The van der Waals surface area contributed by atoms with Gasteiger partial charge in [-0.2, -0.15) is 0 Å². The van der Waals surface area contributed by atoms with Crippen LogP contribution in [0.2, 0.25) is 5.02 Å². The van der Waals surface area contributed by atoms with Gasteiger partial charge in [0.05, 0.1) is 25.2 Å². The molecule has 0 bridgehead atoms. The van der Waals surface area contributed by atoms with E-state index >= 15 is 0 Å². The predicted octanol–water partition coefficient (Wildman–Crippen LogP) is 4.16. The molecule has 2 N–H and O–H groups in total. The average molecular weight is 479 g/mol. The molecule has 1 amide bonds. The summed E-state index contributed by atoms with van der Waals surface area (Å²) in [6, 6.07) is 13.5. The Morgan fingerprint density at radius 3 is 2.45 bits per heavy atom. The molecule has 0 saturated carbocycles. The number of likely N-dealkylation sites (tertiary alicyclic amines) is 1. The minimum atomic E-state index is -0.946. The molecule has 1 aliphatic heterocycles. The Morgan fingerprint density at radius 1 is 1.18 bits per heavy atom. The standard InChI is InChI=1S/C25H32ClFN2O4/c1-17(2)33-22-7-3-18(4-8-22)25(31)23(16-29-13-11-20(27)15-29)28-24(30)12-14-32-21-9-5-19(26)6-10-21/h3-10,17,20,23,25,31H,11-16H2,1-2H3,(H,28,30)/t20?,23-,25-/m1/s1. The van der Waals surface area contributed by atoms with Crippen LogP contribution < -0.4 is 14.8 Å². The number of amides is 1. The number of aliphatic hydroxyl groups is 1. The minimum absolute atomic E-state index is 0.0479. The number of alkyl halides is 1. The Balaban J connectivity index is 1.60. The number of halogens is 2. The summed E-state index contributed by atoms with van der Waals surface area (Å²) in [6.45, 7) is 5.34. The lowest BCUT2D eigenvalue weighted by molar-refractivity contribution is -0.123. The second kappa shape index (κ2) is 12.2. The van der Waals surface area contributed by atoms with Crippen molar-refractivity contribution in [3.05, 3.63) is 59.1 Å². The molecule has 2 aromatic rings. The molecular formula is C25H32ClFN2O4. The molecule has 33 heavy (non-hydrogen) atoms. The highest BCUT2D eigenvalue weighted by molar-refractivity contribution is 6.30. The molecule has 3 rings (SSSR count). The van der Waals surface area contributed by atoms with E-state index in [1.165, 1.54) is 0 Å². The Kier molecular flexibility index (Phi) is 9.35. The highest BCUT2D eigenvalue weighted by atomic mass is 35.5. The fourth-order valence-electron chi connectivity index (χ4n) is 3.77. The van der Waals surface area contributed by atoms with Crippen LogP contribution in [0.25, 0.3) is 0 Å². The summed E-state index contributed by atoms with van der Waals surface area (Å²) in [7, 11) is 0. The first-order valence-corrected chi connectivity index (χ1v) is 11.7. The van der Waals surface area contributed by atoms with Gasteiger partial charge in [0.1, 0.15) is 23.8 Å². The van der Waals surface area contributed by atoms with E-state index < -0.39 is 18.3 Å². The normalized spacial score (nSPS) is 18.2. The third kappa shape index (κ3) is 8.18. The Labute approximate surface area is 199 Å². The average Bonchev–Trinajstić information content (AvgIpc) is 3.19. The molecule has 0 radical (unpaired) electrons. The largest absolute Gasteiger partial charge is 0.493 e. The van der Waals surface area contributed by atoms with Crippen LogP contribution in [-0.2, 0) is 4.79 Å². The zero-order chi connectivity index (χ0) is 23.8. The molecule has 1 aliphatic rings. The van der Waals surface area contributed by atoms with Gasteiger partial charge in [0, 0.05) is 24.7 Å². The van der Waals surface area contributed by atoms with Crippen LogP contribution in [0.5, 0.6) is 11.5 Å². The quantitative estimate of drug-likeness (QED) is 0.507. The molecular weight excluding hydrogens is 447 g/mol. The van der Waals surface area contributed by atoms with Gasteiger partial charge in [-0.1, -0.05) is 23.7 Å². The van der Waals surface area contributed by atoms with E-state index in [1.807, 2.05) is 18.7 Å². The number of rotatable bonds is 11. The van der Waals surface area contributed by atoms with E-state index in [-0.39, 0.29) is 25.0 Å². The summed E-state index contributed by atoms with van der Waals surface area (Å²) in [5, 5.41) is 14.6. The molecule has 1 saturated heterocycles. The molecule has 8 heteroatoms. The first-order valence-electron chi connectivity index (χ1n) is 11.3. The van der Waals surface area contributed by atoms with Crippen LogP contribution in [0.3, 0.4) is 0 Å². The van der Waals surface area contributed by atoms with Crippen LogP contribution in [0, 0.1) is 0 Å². The number of nitrogens with zero attached hydrogens (tertiary/aromatic N) is 1. The number of carbonyl (C=O) groups is 1. The topological polar surface area (TPSA) is 71.0 Å². The lowest BCUT2D eigenvalue weighted by atomic mass is 10.0. The molecule has 1 fully saturated rings. The van der Waals surface area contributed by atoms with E-state index in [0.29, 0.717) is 48.1 Å². The first kappa shape index (κ1) is 25.3. The van der Waals surface area contributed by atoms with E-state index in [2.05, 4.69) is 5.32 Å². The van der Waals surface area contributed by atoms with Crippen molar-refractivity contribution in [2.75, 3.05) is 26.2 Å². The molecule has 6 nitrogen and oxygen atoms in total. The summed E-state index contributed by atoms with van der Waals surface area (Å²) in [5.41, 5.74) is 0.657. The summed E-state index contributed by atoms with van der Waals surface area (Å²) in [6.07, 6.45) is -1.19. The van der Waals surface area contributed by atoms with E-state index in [4.69, 9.17) is 21.1 Å². The second-order valence-electron chi connectivity index (χ2n) is 8.55. The van der Waals surface area contributed by atoms with Crippen LogP contribution >= 0.6 is 11.6 Å². The van der Waals surface area contributed by atoms with Gasteiger partial charge in [-0.3, -0.25) is 9.69 Å². The zero-order valence-electron chi connectivity index (χ0n) is 19.0. The van der Waals surface area contributed by atoms with E-state index in [0.717, 1.165) is 0 Å². The van der Waals surface area contributed by atoms with Crippen molar-refractivity contribution >= 4 is 17.5 Å². The molecule has 1 heterocycles. The van der Waals surface area contributed by atoms with Gasteiger partial charge < -0.3 is 19.9 Å². The number of benzene rings is 2. The van der Waals surface area contributed by atoms with Crippen molar-refractivity contribution in [3.8, 4) is 11.5 Å².